The van der Waals surface area contributed by atoms with E-state index in [0.717, 1.165) is 32.2 Å². The second-order valence-corrected chi connectivity index (χ2v) is 12.9. The van der Waals surface area contributed by atoms with Gasteiger partial charge >= 0.3 is 6.03 Å². The van der Waals surface area contributed by atoms with Crippen molar-refractivity contribution in [2.45, 2.75) is 118 Å². The van der Waals surface area contributed by atoms with Gasteiger partial charge in [0.15, 0.2) is 12.6 Å². The molecule has 0 aromatic heterocycles. The quantitative estimate of drug-likeness (QED) is 0.0717. The molecule has 2 aliphatic carbocycles. The highest BCUT2D eigenvalue weighted by Gasteiger charge is 2.52. The van der Waals surface area contributed by atoms with Crippen LogP contribution in [-0.4, -0.2) is 150 Å². The van der Waals surface area contributed by atoms with E-state index < -0.39 is 66.8 Å². The average Bonchev–Trinajstić information content (AvgIpc) is 2.96. The third-order valence-electron chi connectivity index (χ3n) is 9.28. The molecule has 4 fully saturated rings. The third-order valence-corrected chi connectivity index (χ3v) is 9.28. The summed E-state index contributed by atoms with van der Waals surface area (Å²) < 4.78 is 24.4. The molecule has 17 heteroatoms. The minimum Gasteiger partial charge on any atom is -0.388 e. The number of carbonyl (C=O) groups excluding carboxylic acids is 1. The highest BCUT2D eigenvalue weighted by atomic mass is 16.7. The zero-order valence-corrected chi connectivity index (χ0v) is 25.7. The van der Waals surface area contributed by atoms with Gasteiger partial charge in [-0.05, 0) is 58.5 Å². The van der Waals surface area contributed by atoms with Crippen molar-refractivity contribution in [3.05, 3.63) is 0 Å². The lowest BCUT2D eigenvalue weighted by molar-refractivity contribution is -0.308. The fraction of sp³-hybridized carbons (Fsp3) is 0.963. The van der Waals surface area contributed by atoms with Crippen molar-refractivity contribution in [1.82, 2.24) is 21.0 Å². The van der Waals surface area contributed by atoms with Crippen molar-refractivity contribution >= 4 is 6.03 Å². The summed E-state index contributed by atoms with van der Waals surface area (Å²) in [4.78, 5) is 12.7. The summed E-state index contributed by atoms with van der Waals surface area (Å²) >= 11 is 0. The number of hydrogen-bond acceptors (Lipinski definition) is 15. The highest BCUT2D eigenvalue weighted by molar-refractivity contribution is 5.73. The molecule has 0 radical (unpaired) electrons. The smallest absolute Gasteiger partial charge is 0.341 e. The Kier molecular flexibility index (Phi) is 12.6. The molecule has 2 saturated carbocycles. The molecule has 4 rings (SSSR count). The first-order valence-electron chi connectivity index (χ1n) is 15.6. The van der Waals surface area contributed by atoms with E-state index in [1.807, 2.05) is 0 Å². The molecular formula is C27H54N8O9. The van der Waals surface area contributed by atoms with Gasteiger partial charge in [-0.2, -0.15) is 0 Å². The standard InChI is InChI=1S/C27H54N8O9/c1-27(39)12-41-25(20(37)23(27)32-2)44-22-18(34-26(38)35(40)6-5-28)9-16(31)21(19(22)36)43-24-17(4-3-15(10-29)42-24)33-11-13-7-14(30)8-13/h13-25,32-33,36-37,39-40H,3-12,28-31H2,1-2H3,(H,34,38)/t13?,14?,15-,16-,17+,18+,19-,20+,21+,22-,23+,24+,25+,27-/m0/s1. The number of hydrogen-bond donors (Lipinski definition) is 11. The Morgan fingerprint density at radius 3 is 2.39 bits per heavy atom. The molecule has 2 heterocycles. The van der Waals surface area contributed by atoms with E-state index in [9.17, 15) is 25.3 Å². The number of carbonyl (C=O) groups is 1. The largest absolute Gasteiger partial charge is 0.388 e. The van der Waals surface area contributed by atoms with E-state index in [1.54, 1.807) is 7.05 Å². The Bertz CT molecular complexity index is 919. The number of nitrogens with two attached hydrogens (primary N) is 4. The fourth-order valence-corrected chi connectivity index (χ4v) is 6.69. The van der Waals surface area contributed by atoms with Crippen molar-refractivity contribution in [3.63, 3.8) is 0 Å². The Morgan fingerprint density at radius 1 is 1.05 bits per heavy atom. The predicted octanol–water partition coefficient (Wildman–Crippen LogP) is -4.21. The molecular weight excluding hydrogens is 580 g/mol. The maximum absolute atomic E-state index is 12.7. The minimum absolute atomic E-state index is 0.0218. The highest BCUT2D eigenvalue weighted by Crippen LogP contribution is 2.33. The van der Waals surface area contributed by atoms with Crippen LogP contribution in [0.4, 0.5) is 4.79 Å². The normalized spacial score (nSPS) is 44.5. The van der Waals surface area contributed by atoms with Gasteiger partial charge in [0.05, 0.1) is 37.4 Å². The van der Waals surface area contributed by atoms with E-state index in [0.29, 0.717) is 17.5 Å². The van der Waals surface area contributed by atoms with Crippen LogP contribution in [0.3, 0.4) is 0 Å². The van der Waals surface area contributed by atoms with Crippen LogP contribution in [0.5, 0.6) is 0 Å². The van der Waals surface area contributed by atoms with E-state index in [4.69, 9.17) is 41.9 Å². The monoisotopic (exact) mass is 634 g/mol. The molecule has 12 atom stereocenters. The number of aliphatic hydroxyl groups is 3. The summed E-state index contributed by atoms with van der Waals surface area (Å²) in [6.07, 6.45) is -3.81. The van der Waals surface area contributed by atoms with E-state index >= 15 is 0 Å². The molecule has 44 heavy (non-hydrogen) atoms. The van der Waals surface area contributed by atoms with Gasteiger partial charge in [-0.3, -0.25) is 5.21 Å². The number of aliphatic hydroxyl groups excluding tert-OH is 2. The SMILES string of the molecule is CN[C@@H]1[C@@H](O)[C@@H](O[C@@H]2[C@@H](O)[C@H](O[C@H]3O[C@H](CN)CC[C@H]3NCC3CC(N)C3)[C@@H](N)C[C@H]2NC(=O)N(O)CCN)OC[C@]1(C)O. The second kappa shape index (κ2) is 15.5. The Morgan fingerprint density at radius 2 is 1.75 bits per heavy atom. The number of amides is 2. The zero-order chi connectivity index (χ0) is 32.2. The number of nitrogens with zero attached hydrogens (tertiary/aromatic N) is 1. The van der Waals surface area contributed by atoms with Gasteiger partial charge in [-0.15, -0.1) is 0 Å². The molecule has 0 aromatic carbocycles. The summed E-state index contributed by atoms with van der Waals surface area (Å²) in [5.41, 5.74) is 22.5. The number of ether oxygens (including phenoxy) is 4. The summed E-state index contributed by atoms with van der Waals surface area (Å²) in [7, 11) is 1.59. The summed E-state index contributed by atoms with van der Waals surface area (Å²) in [6, 6.07) is -3.35. The first-order valence-corrected chi connectivity index (χ1v) is 15.6. The molecule has 2 amide bonds. The zero-order valence-electron chi connectivity index (χ0n) is 25.7. The maximum Gasteiger partial charge on any atom is 0.341 e. The second-order valence-electron chi connectivity index (χ2n) is 12.9. The summed E-state index contributed by atoms with van der Waals surface area (Å²) in [5.74, 6) is 0.469. The number of rotatable bonds is 12. The lowest BCUT2D eigenvalue weighted by Gasteiger charge is -2.49. The maximum atomic E-state index is 12.7. The van der Waals surface area contributed by atoms with Crippen molar-refractivity contribution in [2.75, 3.05) is 39.8 Å². The van der Waals surface area contributed by atoms with Gasteiger partial charge in [-0.25, -0.2) is 9.86 Å². The fourth-order valence-electron chi connectivity index (χ4n) is 6.69. The Hall–Kier alpha value is -1.29. The van der Waals surface area contributed by atoms with Gasteiger partial charge < -0.3 is 73.2 Å². The number of urea groups is 1. The molecule has 2 aliphatic heterocycles. The van der Waals surface area contributed by atoms with Gasteiger partial charge in [0.25, 0.3) is 0 Å². The Balaban J connectivity index is 1.51. The average molecular weight is 635 g/mol. The van der Waals surface area contributed by atoms with Crippen LogP contribution in [-0.2, 0) is 18.9 Å². The van der Waals surface area contributed by atoms with E-state index in [2.05, 4.69) is 16.0 Å². The first kappa shape index (κ1) is 35.6. The van der Waals surface area contributed by atoms with Gasteiger partial charge in [0, 0.05) is 25.2 Å². The van der Waals surface area contributed by atoms with Crippen LogP contribution in [0.2, 0.25) is 0 Å². The predicted molar refractivity (Wildman–Crippen MR) is 157 cm³/mol. The molecule has 0 unspecified atom stereocenters. The van der Waals surface area contributed by atoms with Crippen molar-refractivity contribution < 1.29 is 44.3 Å². The number of hydroxylamine groups is 2. The summed E-state index contributed by atoms with van der Waals surface area (Å²) in [6.45, 7) is 2.30. The molecule has 17 nitrogen and oxygen atoms in total. The Labute approximate surface area is 258 Å². The molecule has 256 valence electrons. The first-order chi connectivity index (χ1) is 20.9. The van der Waals surface area contributed by atoms with Crippen LogP contribution in [0, 0.1) is 5.92 Å². The minimum atomic E-state index is -1.43. The number of likely N-dealkylation sites (N-methyl/N-ethyl adjacent to an activating group) is 1. The van der Waals surface area contributed by atoms with Gasteiger partial charge in [0.2, 0.25) is 0 Å². The van der Waals surface area contributed by atoms with Crippen LogP contribution in [0.1, 0.15) is 39.0 Å². The van der Waals surface area contributed by atoms with Crippen molar-refractivity contribution in [3.8, 4) is 0 Å². The van der Waals surface area contributed by atoms with Crippen molar-refractivity contribution in [1.29, 1.82) is 0 Å². The molecule has 15 N–H and O–H groups in total. The number of nitrogens with one attached hydrogen (secondary N) is 3. The summed E-state index contributed by atoms with van der Waals surface area (Å²) in [5, 5.41) is 52.9. The molecule has 0 bridgehead atoms. The van der Waals surface area contributed by atoms with Crippen LogP contribution < -0.4 is 38.9 Å². The van der Waals surface area contributed by atoms with Crippen LogP contribution >= 0.6 is 0 Å². The topological polar surface area (TPSA) is 278 Å². The third kappa shape index (κ3) is 8.34. The molecule has 2 saturated heterocycles. The van der Waals surface area contributed by atoms with E-state index in [-0.39, 0.29) is 44.3 Å². The van der Waals surface area contributed by atoms with Gasteiger partial charge in [0.1, 0.15) is 30.0 Å². The lowest BCUT2D eigenvalue weighted by atomic mass is 9.80. The van der Waals surface area contributed by atoms with E-state index in [1.165, 1.54) is 6.92 Å². The lowest BCUT2D eigenvalue weighted by Crippen LogP contribution is -2.69. The van der Waals surface area contributed by atoms with Crippen molar-refractivity contribution in [2.24, 2.45) is 28.9 Å². The molecule has 0 aromatic rings. The molecule has 4 aliphatic rings. The van der Waals surface area contributed by atoms with Crippen LogP contribution in [0.15, 0.2) is 0 Å². The van der Waals surface area contributed by atoms with Crippen LogP contribution in [0.25, 0.3) is 0 Å². The van der Waals surface area contributed by atoms with Gasteiger partial charge in [-0.1, -0.05) is 0 Å². The molecule has 0 spiro atoms.